The Bertz CT molecular complexity index is 1910. The molecule has 5 nitrogen and oxygen atoms in total. The van der Waals surface area contributed by atoms with Gasteiger partial charge in [-0.3, -0.25) is 9.97 Å². The molecule has 3 heterocycles. The Kier molecular flexibility index (Phi) is 5.19. The summed E-state index contributed by atoms with van der Waals surface area (Å²) in [5, 5.41) is 7.18. The van der Waals surface area contributed by atoms with Gasteiger partial charge in [0.2, 0.25) is 0 Å². The van der Waals surface area contributed by atoms with Gasteiger partial charge in [0.1, 0.15) is 0 Å². The van der Waals surface area contributed by atoms with Crippen LogP contribution in [0.15, 0.2) is 116 Å². The predicted octanol–water partition coefficient (Wildman–Crippen LogP) is 7.77. The number of pyridine rings is 2. The van der Waals surface area contributed by atoms with Gasteiger partial charge in [-0.2, -0.15) is 0 Å². The second-order valence-corrected chi connectivity index (χ2v) is 9.09. The molecule has 0 atom stereocenters. The largest absolute Gasteiger partial charge is 0.265 e. The van der Waals surface area contributed by atoms with Gasteiger partial charge < -0.3 is 0 Å². The van der Waals surface area contributed by atoms with Crippen molar-refractivity contribution in [1.82, 2.24) is 24.9 Å². The third-order valence-corrected chi connectivity index (χ3v) is 6.87. The van der Waals surface area contributed by atoms with Crippen molar-refractivity contribution in [3.63, 3.8) is 0 Å². The van der Waals surface area contributed by atoms with Crippen LogP contribution in [0.1, 0.15) is 5.56 Å². The van der Waals surface area contributed by atoms with Crippen LogP contribution >= 0.6 is 0 Å². The highest BCUT2D eigenvalue weighted by atomic mass is 15.0. The van der Waals surface area contributed by atoms with Gasteiger partial charge in [0, 0.05) is 41.5 Å². The summed E-state index contributed by atoms with van der Waals surface area (Å²) in [6, 6.07) is 29.2. The Labute approximate surface area is 219 Å². The van der Waals surface area contributed by atoms with Crippen molar-refractivity contribution in [1.29, 1.82) is 0 Å². The lowest BCUT2D eigenvalue weighted by molar-refractivity contribution is 1.07. The second kappa shape index (κ2) is 8.98. The van der Waals surface area contributed by atoms with Crippen LogP contribution in [0.3, 0.4) is 0 Å². The summed E-state index contributed by atoms with van der Waals surface area (Å²) in [5.41, 5.74) is 3.80. The average Bonchev–Trinajstić information content (AvgIpc) is 3.01. The van der Waals surface area contributed by atoms with Gasteiger partial charge in [0.05, 0.1) is 0 Å². The number of hydrogen-bond donors (Lipinski definition) is 0. The summed E-state index contributed by atoms with van der Waals surface area (Å²) in [7, 11) is 0. The molecule has 38 heavy (non-hydrogen) atoms. The summed E-state index contributed by atoms with van der Waals surface area (Å²) in [4.78, 5) is 22.9. The molecule has 0 bridgehead atoms. The minimum atomic E-state index is 0.602. The molecule has 0 aliphatic rings. The Balaban J connectivity index is 1.50. The molecule has 0 amide bonds. The van der Waals surface area contributed by atoms with Gasteiger partial charge >= 0.3 is 0 Å². The number of fused-ring (bicyclic) bond motifs is 6. The van der Waals surface area contributed by atoms with Crippen LogP contribution in [-0.4, -0.2) is 24.9 Å². The highest BCUT2D eigenvalue weighted by Gasteiger charge is 2.15. The first-order valence-corrected chi connectivity index (χ1v) is 12.4. The van der Waals surface area contributed by atoms with E-state index in [4.69, 9.17) is 15.0 Å². The molecule has 7 aromatic rings. The van der Waals surface area contributed by atoms with E-state index in [-0.39, 0.29) is 0 Å². The SMILES string of the molecule is C=Cc1ccc2c3ccc(-c4nc(-c5ccncc5)nc(-c5ccncc5)n4)cc3c3ccccc3c2c1. The van der Waals surface area contributed by atoms with Crippen molar-refractivity contribution in [2.45, 2.75) is 0 Å². The fraction of sp³-hybridized carbons (Fsp3) is 0. The first kappa shape index (κ1) is 21.9. The van der Waals surface area contributed by atoms with Gasteiger partial charge in [0.25, 0.3) is 0 Å². The van der Waals surface area contributed by atoms with Crippen molar-refractivity contribution >= 4 is 38.4 Å². The maximum atomic E-state index is 4.89. The van der Waals surface area contributed by atoms with Crippen LogP contribution in [-0.2, 0) is 0 Å². The third-order valence-electron chi connectivity index (χ3n) is 6.87. The highest BCUT2D eigenvalue weighted by molar-refractivity contribution is 6.26. The molecule has 5 heteroatoms. The quantitative estimate of drug-likeness (QED) is 0.237. The van der Waals surface area contributed by atoms with Gasteiger partial charge in [-0.25, -0.2) is 15.0 Å². The van der Waals surface area contributed by atoms with E-state index in [0.717, 1.165) is 27.6 Å². The highest BCUT2D eigenvalue weighted by Crippen LogP contribution is 2.37. The van der Waals surface area contributed by atoms with Crippen molar-refractivity contribution < 1.29 is 0 Å². The van der Waals surface area contributed by atoms with E-state index in [1.54, 1.807) is 24.8 Å². The zero-order chi connectivity index (χ0) is 25.5. The number of benzene rings is 4. The number of nitrogens with zero attached hydrogens (tertiary/aromatic N) is 5. The molecule has 0 fully saturated rings. The molecule has 0 unspecified atom stereocenters. The number of rotatable bonds is 4. The van der Waals surface area contributed by atoms with Crippen molar-refractivity contribution in [3.05, 3.63) is 122 Å². The lowest BCUT2D eigenvalue weighted by Gasteiger charge is -2.13. The summed E-state index contributed by atoms with van der Waals surface area (Å²) in [6.45, 7) is 3.96. The monoisotopic (exact) mass is 487 g/mol. The van der Waals surface area contributed by atoms with E-state index in [1.165, 1.54) is 26.9 Å². The minimum absolute atomic E-state index is 0.602. The average molecular weight is 488 g/mol. The fourth-order valence-corrected chi connectivity index (χ4v) is 5.01. The molecule has 7 rings (SSSR count). The zero-order valence-corrected chi connectivity index (χ0v) is 20.4. The van der Waals surface area contributed by atoms with Crippen molar-refractivity contribution in [3.8, 4) is 34.2 Å². The van der Waals surface area contributed by atoms with Crippen LogP contribution in [0, 0.1) is 0 Å². The van der Waals surface area contributed by atoms with Crippen molar-refractivity contribution in [2.24, 2.45) is 0 Å². The summed E-state index contributed by atoms with van der Waals surface area (Å²) in [6.07, 6.45) is 8.88. The van der Waals surface area contributed by atoms with E-state index < -0.39 is 0 Å². The fourth-order valence-electron chi connectivity index (χ4n) is 5.01. The maximum Gasteiger partial charge on any atom is 0.164 e. The molecule has 0 spiro atoms. The summed E-state index contributed by atoms with van der Waals surface area (Å²) in [5.74, 6) is 1.82. The van der Waals surface area contributed by atoms with Crippen molar-refractivity contribution in [2.75, 3.05) is 0 Å². The van der Waals surface area contributed by atoms with E-state index in [0.29, 0.717) is 17.5 Å². The molecule has 0 saturated heterocycles. The Hall–Kier alpha value is -5.29. The summed E-state index contributed by atoms with van der Waals surface area (Å²) >= 11 is 0. The maximum absolute atomic E-state index is 4.89. The predicted molar refractivity (Wildman–Crippen MR) is 154 cm³/mol. The van der Waals surface area contributed by atoms with E-state index in [9.17, 15) is 0 Å². The Morgan fingerprint density at radius 3 is 1.47 bits per heavy atom. The smallest absolute Gasteiger partial charge is 0.164 e. The zero-order valence-electron chi connectivity index (χ0n) is 20.4. The van der Waals surface area contributed by atoms with Crippen LogP contribution in [0.2, 0.25) is 0 Å². The van der Waals surface area contributed by atoms with Gasteiger partial charge in [-0.1, -0.05) is 61.2 Å². The molecule has 0 saturated carbocycles. The molecule has 0 radical (unpaired) electrons. The normalized spacial score (nSPS) is 11.3. The molecular weight excluding hydrogens is 466 g/mol. The van der Waals surface area contributed by atoms with Gasteiger partial charge in [-0.15, -0.1) is 0 Å². The van der Waals surface area contributed by atoms with E-state index in [2.05, 4.69) is 77.2 Å². The topological polar surface area (TPSA) is 64.5 Å². The third kappa shape index (κ3) is 3.69. The minimum Gasteiger partial charge on any atom is -0.265 e. The van der Waals surface area contributed by atoms with E-state index >= 15 is 0 Å². The molecule has 0 N–H and O–H groups in total. The second-order valence-electron chi connectivity index (χ2n) is 9.09. The molecule has 178 valence electrons. The van der Waals surface area contributed by atoms with Crippen LogP contribution in [0.5, 0.6) is 0 Å². The summed E-state index contributed by atoms with van der Waals surface area (Å²) < 4.78 is 0. The van der Waals surface area contributed by atoms with Gasteiger partial charge in [0.15, 0.2) is 17.5 Å². The first-order valence-electron chi connectivity index (χ1n) is 12.4. The molecule has 4 aromatic carbocycles. The number of aromatic nitrogens is 5. The molecule has 0 aliphatic carbocycles. The lowest BCUT2D eigenvalue weighted by atomic mass is 9.92. The molecule has 3 aromatic heterocycles. The molecular formula is C33H21N5. The Morgan fingerprint density at radius 1 is 0.447 bits per heavy atom. The Morgan fingerprint density at radius 2 is 0.921 bits per heavy atom. The first-order chi connectivity index (χ1) is 18.8. The van der Waals surface area contributed by atoms with Gasteiger partial charge in [-0.05, 0) is 74.3 Å². The number of hydrogen-bond acceptors (Lipinski definition) is 5. The van der Waals surface area contributed by atoms with Crippen LogP contribution in [0.25, 0.3) is 72.6 Å². The molecule has 0 aliphatic heterocycles. The standard InChI is InChI=1S/C33H21N5/c1-2-21-7-9-27-28-10-8-24(20-30(28)26-6-4-3-5-25(26)29(27)19-21)33-37-31(22-11-15-34-16-12-22)36-32(38-33)23-13-17-35-18-14-23/h2-20H,1H2. The van der Waals surface area contributed by atoms with Crippen LogP contribution < -0.4 is 0 Å². The van der Waals surface area contributed by atoms with E-state index in [1.807, 2.05) is 30.3 Å². The lowest BCUT2D eigenvalue weighted by Crippen LogP contribution is -2.00. The van der Waals surface area contributed by atoms with Crippen LogP contribution in [0.4, 0.5) is 0 Å².